The quantitative estimate of drug-likeness (QED) is 0.651. The minimum Gasteiger partial charge on any atom is -0.342 e. The molecule has 2 N–H and O–H groups in total. The molecule has 19 heavy (non-hydrogen) atoms. The highest BCUT2D eigenvalue weighted by Gasteiger charge is 2.21. The number of halogens is 1. The SMILES string of the molecule is ClC1NC(c2ccccc2)=NC(c2ccccc2)N1. The molecule has 0 amide bonds. The van der Waals surface area contributed by atoms with E-state index < -0.39 is 0 Å². The molecule has 0 saturated heterocycles. The first-order chi connectivity index (χ1) is 9.33. The maximum absolute atomic E-state index is 6.20. The Morgan fingerprint density at radius 2 is 1.53 bits per heavy atom. The van der Waals surface area contributed by atoms with E-state index in [0.29, 0.717) is 0 Å². The molecular formula is C15H14ClN3. The average molecular weight is 272 g/mol. The van der Waals surface area contributed by atoms with Crippen LogP contribution in [0.1, 0.15) is 17.3 Å². The summed E-state index contributed by atoms with van der Waals surface area (Å²) < 4.78 is 0. The monoisotopic (exact) mass is 271 g/mol. The topological polar surface area (TPSA) is 36.4 Å². The molecule has 2 atom stereocenters. The Hall–Kier alpha value is -1.84. The van der Waals surface area contributed by atoms with Gasteiger partial charge in [0, 0.05) is 5.56 Å². The maximum Gasteiger partial charge on any atom is 0.158 e. The molecule has 0 aliphatic carbocycles. The summed E-state index contributed by atoms with van der Waals surface area (Å²) in [5, 5.41) is 6.34. The van der Waals surface area contributed by atoms with Crippen molar-refractivity contribution < 1.29 is 0 Å². The predicted molar refractivity (Wildman–Crippen MR) is 78.1 cm³/mol. The molecule has 3 nitrogen and oxygen atoms in total. The fourth-order valence-electron chi connectivity index (χ4n) is 2.06. The Labute approximate surface area is 117 Å². The molecule has 0 saturated carbocycles. The highest BCUT2D eigenvalue weighted by molar-refractivity contribution is 6.22. The van der Waals surface area contributed by atoms with Crippen LogP contribution in [0, 0.1) is 0 Å². The normalized spacial score (nSPS) is 22.5. The first-order valence-corrected chi connectivity index (χ1v) is 6.61. The molecule has 3 rings (SSSR count). The molecule has 2 aromatic rings. The van der Waals surface area contributed by atoms with Gasteiger partial charge in [-0.2, -0.15) is 0 Å². The van der Waals surface area contributed by atoms with Gasteiger partial charge in [0.1, 0.15) is 12.0 Å². The van der Waals surface area contributed by atoms with Crippen molar-refractivity contribution in [1.29, 1.82) is 0 Å². The van der Waals surface area contributed by atoms with Crippen molar-refractivity contribution in [3.05, 3.63) is 71.8 Å². The molecular weight excluding hydrogens is 258 g/mol. The van der Waals surface area contributed by atoms with Crippen LogP contribution in [-0.4, -0.2) is 11.5 Å². The van der Waals surface area contributed by atoms with Crippen LogP contribution in [0.25, 0.3) is 0 Å². The number of aliphatic imine (C=N–C) groups is 1. The molecule has 96 valence electrons. The van der Waals surface area contributed by atoms with Gasteiger partial charge in [0.2, 0.25) is 0 Å². The molecule has 0 radical (unpaired) electrons. The summed E-state index contributed by atoms with van der Waals surface area (Å²) in [6.07, 6.45) is -0.125. The van der Waals surface area contributed by atoms with E-state index in [0.717, 1.165) is 17.0 Å². The van der Waals surface area contributed by atoms with E-state index in [-0.39, 0.29) is 11.8 Å². The highest BCUT2D eigenvalue weighted by Crippen LogP contribution is 2.19. The predicted octanol–water partition coefficient (Wildman–Crippen LogP) is 2.85. The lowest BCUT2D eigenvalue weighted by Gasteiger charge is -2.28. The lowest BCUT2D eigenvalue weighted by atomic mass is 10.1. The van der Waals surface area contributed by atoms with Crippen molar-refractivity contribution in [2.75, 3.05) is 0 Å². The third-order valence-electron chi connectivity index (χ3n) is 2.99. The summed E-state index contributed by atoms with van der Waals surface area (Å²) >= 11 is 6.20. The molecule has 2 unspecified atom stereocenters. The lowest BCUT2D eigenvalue weighted by Crippen LogP contribution is -2.47. The molecule has 1 heterocycles. The van der Waals surface area contributed by atoms with Crippen molar-refractivity contribution in [1.82, 2.24) is 10.6 Å². The summed E-state index contributed by atoms with van der Waals surface area (Å²) in [4.78, 5) is 4.68. The van der Waals surface area contributed by atoms with Crippen LogP contribution >= 0.6 is 11.6 Å². The summed E-state index contributed by atoms with van der Waals surface area (Å²) in [7, 11) is 0. The number of alkyl halides is 1. The van der Waals surface area contributed by atoms with Gasteiger partial charge in [-0.15, -0.1) is 0 Å². The van der Waals surface area contributed by atoms with E-state index in [2.05, 4.69) is 15.6 Å². The van der Waals surface area contributed by atoms with Crippen molar-refractivity contribution >= 4 is 17.4 Å². The van der Waals surface area contributed by atoms with Gasteiger partial charge in [-0.1, -0.05) is 72.3 Å². The summed E-state index contributed by atoms with van der Waals surface area (Å²) in [5.41, 5.74) is 1.80. The minimum atomic E-state index is -0.335. The zero-order valence-electron chi connectivity index (χ0n) is 10.3. The zero-order chi connectivity index (χ0) is 13.1. The summed E-state index contributed by atoms with van der Waals surface area (Å²) in [6, 6.07) is 20.1. The number of rotatable bonds is 2. The zero-order valence-corrected chi connectivity index (χ0v) is 11.0. The lowest BCUT2D eigenvalue weighted by molar-refractivity contribution is 0.483. The molecule has 0 fully saturated rings. The van der Waals surface area contributed by atoms with Crippen LogP contribution in [0.15, 0.2) is 65.7 Å². The van der Waals surface area contributed by atoms with Crippen LogP contribution < -0.4 is 10.6 Å². The number of hydrogen-bond donors (Lipinski definition) is 2. The van der Waals surface area contributed by atoms with Crippen LogP contribution in [-0.2, 0) is 0 Å². The highest BCUT2D eigenvalue weighted by atomic mass is 35.5. The van der Waals surface area contributed by atoms with E-state index in [1.165, 1.54) is 0 Å². The van der Waals surface area contributed by atoms with E-state index in [1.807, 2.05) is 60.7 Å². The first kappa shape index (κ1) is 12.2. The van der Waals surface area contributed by atoms with E-state index in [9.17, 15) is 0 Å². The second kappa shape index (κ2) is 5.43. The van der Waals surface area contributed by atoms with Gasteiger partial charge in [0.15, 0.2) is 5.62 Å². The Bertz CT molecular complexity index is 568. The van der Waals surface area contributed by atoms with Gasteiger partial charge in [-0.05, 0) is 5.56 Å². The molecule has 4 heteroatoms. The maximum atomic E-state index is 6.20. The van der Waals surface area contributed by atoms with E-state index >= 15 is 0 Å². The number of nitrogens with one attached hydrogen (secondary N) is 2. The number of nitrogens with zero attached hydrogens (tertiary/aromatic N) is 1. The Morgan fingerprint density at radius 1 is 0.895 bits per heavy atom. The molecule has 0 aromatic heterocycles. The van der Waals surface area contributed by atoms with Crippen LogP contribution in [0.2, 0.25) is 0 Å². The summed E-state index contributed by atoms with van der Waals surface area (Å²) in [5.74, 6) is 0.813. The van der Waals surface area contributed by atoms with Crippen LogP contribution in [0.4, 0.5) is 0 Å². The molecule has 1 aliphatic heterocycles. The molecule has 2 aromatic carbocycles. The third kappa shape index (κ3) is 2.78. The second-order valence-corrected chi connectivity index (χ2v) is 4.77. The number of hydrogen-bond acceptors (Lipinski definition) is 3. The van der Waals surface area contributed by atoms with E-state index in [4.69, 9.17) is 11.6 Å². The first-order valence-electron chi connectivity index (χ1n) is 6.18. The number of benzene rings is 2. The largest absolute Gasteiger partial charge is 0.342 e. The van der Waals surface area contributed by atoms with Gasteiger partial charge in [-0.3, -0.25) is 5.32 Å². The average Bonchev–Trinajstić information content (AvgIpc) is 2.48. The van der Waals surface area contributed by atoms with Gasteiger partial charge >= 0.3 is 0 Å². The smallest absolute Gasteiger partial charge is 0.158 e. The van der Waals surface area contributed by atoms with Crippen molar-refractivity contribution in [2.45, 2.75) is 11.8 Å². The summed E-state index contributed by atoms with van der Waals surface area (Å²) in [6.45, 7) is 0. The van der Waals surface area contributed by atoms with E-state index in [1.54, 1.807) is 0 Å². The van der Waals surface area contributed by atoms with Crippen LogP contribution in [0.5, 0.6) is 0 Å². The van der Waals surface area contributed by atoms with Gasteiger partial charge < -0.3 is 5.32 Å². The Balaban J connectivity index is 1.95. The third-order valence-corrected chi connectivity index (χ3v) is 3.22. The Morgan fingerprint density at radius 3 is 2.21 bits per heavy atom. The minimum absolute atomic E-state index is 0.125. The van der Waals surface area contributed by atoms with Crippen molar-refractivity contribution in [2.24, 2.45) is 4.99 Å². The molecule has 0 bridgehead atoms. The Kier molecular flexibility index (Phi) is 3.49. The molecule has 1 aliphatic rings. The van der Waals surface area contributed by atoms with Crippen molar-refractivity contribution in [3.63, 3.8) is 0 Å². The molecule has 0 spiro atoms. The number of amidine groups is 1. The van der Waals surface area contributed by atoms with Gasteiger partial charge in [0.05, 0.1) is 0 Å². The fourth-order valence-corrected chi connectivity index (χ4v) is 2.29. The standard InChI is InChI=1S/C15H14ClN3/c16-15-18-13(11-7-3-1-4-8-11)17-14(19-15)12-9-5-2-6-10-12/h1-10,13,15,18H,(H,17,19). The van der Waals surface area contributed by atoms with Gasteiger partial charge in [-0.25, -0.2) is 4.99 Å². The van der Waals surface area contributed by atoms with Crippen molar-refractivity contribution in [3.8, 4) is 0 Å². The second-order valence-electron chi connectivity index (χ2n) is 4.33. The van der Waals surface area contributed by atoms with Crippen LogP contribution in [0.3, 0.4) is 0 Å². The van der Waals surface area contributed by atoms with Gasteiger partial charge in [0.25, 0.3) is 0 Å². The fraction of sp³-hybridized carbons (Fsp3) is 0.133.